The number of rotatable bonds is 5. The van der Waals surface area contributed by atoms with E-state index in [2.05, 4.69) is 15.5 Å². The van der Waals surface area contributed by atoms with Gasteiger partial charge in [-0.05, 0) is 36.8 Å². The fourth-order valence-electron chi connectivity index (χ4n) is 2.27. The summed E-state index contributed by atoms with van der Waals surface area (Å²) in [5.74, 6) is 0.0204. The molecule has 0 aliphatic rings. The minimum Gasteiger partial charge on any atom is -0.482 e. The molecule has 0 aliphatic heterocycles. The van der Waals surface area contributed by atoms with Crippen molar-refractivity contribution in [2.24, 2.45) is 5.10 Å². The molecule has 7 heteroatoms. The zero-order valence-corrected chi connectivity index (χ0v) is 15.4. The molecule has 1 aromatic heterocycles. The number of hydrogen-bond acceptors (Lipinski definition) is 4. The van der Waals surface area contributed by atoms with Crippen molar-refractivity contribution in [3.05, 3.63) is 69.8 Å². The summed E-state index contributed by atoms with van der Waals surface area (Å²) in [6.07, 6.45) is 1.45. The average molecular weight is 388 g/mol. The second kappa shape index (κ2) is 8.17. The summed E-state index contributed by atoms with van der Waals surface area (Å²) in [5, 5.41) is 5.59. The van der Waals surface area contributed by atoms with Gasteiger partial charge in [0.15, 0.2) is 6.61 Å². The zero-order chi connectivity index (χ0) is 18.5. The fourth-order valence-corrected chi connectivity index (χ4v) is 2.66. The van der Waals surface area contributed by atoms with Crippen molar-refractivity contribution in [3.8, 4) is 5.75 Å². The third kappa shape index (κ3) is 4.50. The molecule has 0 unspecified atom stereocenters. The number of hydrazone groups is 1. The first-order chi connectivity index (χ1) is 12.5. The van der Waals surface area contributed by atoms with E-state index in [1.807, 2.05) is 31.2 Å². The van der Waals surface area contributed by atoms with Crippen LogP contribution in [0.15, 0.2) is 53.6 Å². The first-order valence-electron chi connectivity index (χ1n) is 7.79. The van der Waals surface area contributed by atoms with Gasteiger partial charge in [0.2, 0.25) is 0 Å². The van der Waals surface area contributed by atoms with Crippen molar-refractivity contribution in [2.75, 3.05) is 6.61 Å². The smallest absolute Gasteiger partial charge is 0.277 e. The molecule has 0 spiro atoms. The number of pyridine rings is 1. The van der Waals surface area contributed by atoms with Crippen LogP contribution in [0.4, 0.5) is 0 Å². The van der Waals surface area contributed by atoms with E-state index in [1.165, 1.54) is 6.21 Å². The highest BCUT2D eigenvalue weighted by molar-refractivity contribution is 6.32. The summed E-state index contributed by atoms with van der Waals surface area (Å²) in [5.41, 5.74) is 4.90. The van der Waals surface area contributed by atoms with E-state index in [0.29, 0.717) is 21.5 Å². The molecule has 0 aliphatic carbocycles. The van der Waals surface area contributed by atoms with E-state index < -0.39 is 5.91 Å². The van der Waals surface area contributed by atoms with Gasteiger partial charge in [-0.25, -0.2) is 10.4 Å². The lowest BCUT2D eigenvalue weighted by Gasteiger charge is -2.06. The molecular formula is C19H15Cl2N3O2. The second-order valence-corrected chi connectivity index (χ2v) is 6.34. The molecule has 0 atom stereocenters. The Kier molecular flexibility index (Phi) is 5.71. The van der Waals surface area contributed by atoms with Gasteiger partial charge in [-0.1, -0.05) is 47.5 Å². The van der Waals surface area contributed by atoms with Crippen LogP contribution in [0.3, 0.4) is 0 Å². The number of hydrogen-bond donors (Lipinski definition) is 1. The topological polar surface area (TPSA) is 63.6 Å². The number of halogens is 2. The Morgan fingerprint density at radius 1 is 1.23 bits per heavy atom. The normalized spacial score (nSPS) is 11.0. The quantitative estimate of drug-likeness (QED) is 0.401. The van der Waals surface area contributed by atoms with Crippen molar-refractivity contribution in [3.63, 3.8) is 0 Å². The van der Waals surface area contributed by atoms with Gasteiger partial charge < -0.3 is 4.74 Å². The van der Waals surface area contributed by atoms with E-state index >= 15 is 0 Å². The first-order valence-corrected chi connectivity index (χ1v) is 8.54. The molecule has 1 heterocycles. The maximum Gasteiger partial charge on any atom is 0.277 e. The number of nitrogens with one attached hydrogen (secondary N) is 1. The van der Waals surface area contributed by atoms with E-state index in [9.17, 15) is 4.79 Å². The van der Waals surface area contributed by atoms with Crippen LogP contribution in [0.25, 0.3) is 10.9 Å². The maximum absolute atomic E-state index is 11.8. The van der Waals surface area contributed by atoms with Crippen LogP contribution in [-0.4, -0.2) is 23.7 Å². The van der Waals surface area contributed by atoms with Crippen LogP contribution in [0.2, 0.25) is 10.2 Å². The predicted molar refractivity (Wildman–Crippen MR) is 104 cm³/mol. The Morgan fingerprint density at radius 2 is 2.04 bits per heavy atom. The van der Waals surface area contributed by atoms with Crippen molar-refractivity contribution < 1.29 is 9.53 Å². The van der Waals surface area contributed by atoms with Gasteiger partial charge >= 0.3 is 0 Å². The summed E-state index contributed by atoms with van der Waals surface area (Å²) in [6.45, 7) is 1.79. The minimum atomic E-state index is -0.415. The number of ether oxygens (including phenoxy) is 1. The van der Waals surface area contributed by atoms with Gasteiger partial charge in [-0.15, -0.1) is 0 Å². The van der Waals surface area contributed by atoms with Crippen LogP contribution < -0.4 is 10.2 Å². The lowest BCUT2D eigenvalue weighted by atomic mass is 10.1. The predicted octanol–water partition coefficient (Wildman–Crippen LogP) is 4.38. The third-order valence-electron chi connectivity index (χ3n) is 3.54. The molecular weight excluding hydrogens is 373 g/mol. The monoisotopic (exact) mass is 387 g/mol. The van der Waals surface area contributed by atoms with Crippen molar-refractivity contribution >= 4 is 46.2 Å². The van der Waals surface area contributed by atoms with Gasteiger partial charge in [0.1, 0.15) is 10.9 Å². The van der Waals surface area contributed by atoms with Crippen LogP contribution >= 0.6 is 23.2 Å². The van der Waals surface area contributed by atoms with E-state index in [-0.39, 0.29) is 6.61 Å². The standard InChI is InChI=1S/C19H15Cl2N3O2/c1-12-6-7-13-9-14(19(21)23-16(13)8-12)10-22-24-18(25)11-26-17-5-3-2-4-15(17)20/h2-10H,11H2,1H3,(H,24,25)/b22-10+. The molecule has 2 aromatic carbocycles. The summed E-state index contributed by atoms with van der Waals surface area (Å²) in [4.78, 5) is 16.2. The fraction of sp³-hybridized carbons (Fsp3) is 0.105. The van der Waals surface area contributed by atoms with E-state index in [4.69, 9.17) is 27.9 Å². The second-order valence-electron chi connectivity index (χ2n) is 5.58. The number of carbonyl (C=O) groups is 1. The highest BCUT2D eigenvalue weighted by Gasteiger charge is 2.06. The largest absolute Gasteiger partial charge is 0.482 e. The van der Waals surface area contributed by atoms with Crippen molar-refractivity contribution in [2.45, 2.75) is 6.92 Å². The molecule has 1 amide bonds. The Labute approximate surface area is 160 Å². The molecule has 26 heavy (non-hydrogen) atoms. The molecule has 0 saturated carbocycles. The molecule has 0 saturated heterocycles. The number of fused-ring (bicyclic) bond motifs is 1. The number of benzene rings is 2. The van der Waals surface area contributed by atoms with E-state index in [1.54, 1.807) is 24.3 Å². The Morgan fingerprint density at radius 3 is 2.85 bits per heavy atom. The number of aryl methyl sites for hydroxylation is 1. The van der Waals surface area contributed by atoms with Gasteiger partial charge in [0.05, 0.1) is 16.8 Å². The summed E-state index contributed by atoms with van der Waals surface area (Å²) >= 11 is 12.1. The molecule has 0 radical (unpaired) electrons. The zero-order valence-electron chi connectivity index (χ0n) is 13.9. The third-order valence-corrected chi connectivity index (χ3v) is 4.16. The lowest BCUT2D eigenvalue weighted by molar-refractivity contribution is -0.123. The number of amides is 1. The molecule has 0 bridgehead atoms. The molecule has 3 rings (SSSR count). The van der Waals surface area contributed by atoms with E-state index in [0.717, 1.165) is 16.5 Å². The minimum absolute atomic E-state index is 0.204. The molecule has 132 valence electrons. The molecule has 0 fully saturated rings. The summed E-state index contributed by atoms with van der Waals surface area (Å²) in [7, 11) is 0. The number of aromatic nitrogens is 1. The SMILES string of the molecule is Cc1ccc2cc(/C=N/NC(=O)COc3ccccc3Cl)c(Cl)nc2c1. The van der Waals surface area contributed by atoms with Crippen molar-refractivity contribution in [1.29, 1.82) is 0 Å². The van der Waals surface area contributed by atoms with Crippen LogP contribution in [0.1, 0.15) is 11.1 Å². The number of carbonyl (C=O) groups excluding carboxylic acids is 1. The Bertz CT molecular complexity index is 990. The van der Waals surface area contributed by atoms with Crippen LogP contribution in [-0.2, 0) is 4.79 Å². The van der Waals surface area contributed by atoms with Gasteiger partial charge in [-0.2, -0.15) is 5.10 Å². The first kappa shape index (κ1) is 18.2. The molecule has 1 N–H and O–H groups in total. The van der Waals surface area contributed by atoms with Gasteiger partial charge in [-0.3, -0.25) is 4.79 Å². The maximum atomic E-state index is 11.8. The van der Waals surface area contributed by atoms with Gasteiger partial charge in [0, 0.05) is 10.9 Å². The number of nitrogens with zero attached hydrogens (tertiary/aromatic N) is 2. The Hall–Kier alpha value is -2.63. The Balaban J connectivity index is 1.62. The molecule has 5 nitrogen and oxygen atoms in total. The molecule has 3 aromatic rings. The summed E-state index contributed by atoms with van der Waals surface area (Å²) in [6, 6.07) is 14.7. The van der Waals surface area contributed by atoms with Crippen LogP contribution in [0.5, 0.6) is 5.75 Å². The van der Waals surface area contributed by atoms with Crippen molar-refractivity contribution in [1.82, 2.24) is 10.4 Å². The number of para-hydroxylation sites is 1. The highest BCUT2D eigenvalue weighted by Crippen LogP contribution is 2.23. The summed E-state index contributed by atoms with van der Waals surface area (Å²) < 4.78 is 5.34. The average Bonchev–Trinajstić information content (AvgIpc) is 2.61. The lowest BCUT2D eigenvalue weighted by Crippen LogP contribution is -2.24. The highest BCUT2D eigenvalue weighted by atomic mass is 35.5. The van der Waals surface area contributed by atoms with Crippen LogP contribution in [0, 0.1) is 6.92 Å². The van der Waals surface area contributed by atoms with Gasteiger partial charge in [0.25, 0.3) is 5.91 Å².